The van der Waals surface area contributed by atoms with Gasteiger partial charge >= 0.3 is 0 Å². The minimum absolute atomic E-state index is 0.863. The predicted octanol–water partition coefficient (Wildman–Crippen LogP) is 0.919. The highest BCUT2D eigenvalue weighted by Crippen LogP contribution is 2.06. The minimum Gasteiger partial charge on any atom is -0.265 e. The lowest BCUT2D eigenvalue weighted by molar-refractivity contribution is 0.161. The highest BCUT2D eigenvalue weighted by atomic mass is 79.9. The first-order valence-electron chi connectivity index (χ1n) is 1.50. The van der Waals surface area contributed by atoms with Crippen molar-refractivity contribution in [3.63, 3.8) is 0 Å². The van der Waals surface area contributed by atoms with Gasteiger partial charge in [0.2, 0.25) is 0 Å². The Morgan fingerprint density at radius 3 is 2.83 bits per heavy atom. The van der Waals surface area contributed by atoms with Gasteiger partial charge in [-0.15, -0.1) is 0 Å². The van der Waals surface area contributed by atoms with Gasteiger partial charge in [0.1, 0.15) is 11.2 Å². The number of rotatable bonds is 0. The molecule has 0 saturated carbocycles. The number of hydrogen-bond acceptors (Lipinski definition) is 2. The molecule has 33 valence electrons. The van der Waals surface area contributed by atoms with Gasteiger partial charge in [0.15, 0.2) is 0 Å². The van der Waals surface area contributed by atoms with Crippen molar-refractivity contribution in [1.82, 2.24) is 5.48 Å². The number of hydroxylamine groups is 1. The summed E-state index contributed by atoms with van der Waals surface area (Å²) in [6, 6.07) is 0. The molecule has 0 fully saturated rings. The molecular formula is C3H3BrNO. The lowest BCUT2D eigenvalue weighted by Crippen LogP contribution is -1.98. The van der Waals surface area contributed by atoms with E-state index in [0.717, 1.165) is 4.61 Å². The Morgan fingerprint density at radius 2 is 2.67 bits per heavy atom. The van der Waals surface area contributed by atoms with Crippen LogP contribution in [0.1, 0.15) is 0 Å². The van der Waals surface area contributed by atoms with E-state index >= 15 is 0 Å². The average Bonchev–Trinajstić information content (AvgIpc) is 1.86. The zero-order valence-electron chi connectivity index (χ0n) is 2.94. The number of halogens is 1. The Labute approximate surface area is 44.3 Å². The van der Waals surface area contributed by atoms with Crippen molar-refractivity contribution in [1.29, 1.82) is 0 Å². The van der Waals surface area contributed by atoms with E-state index in [1.807, 2.05) is 0 Å². The van der Waals surface area contributed by atoms with Crippen LogP contribution >= 0.6 is 15.9 Å². The molecule has 0 aliphatic carbocycles. The normalized spacial score (nSPS) is 19.8. The van der Waals surface area contributed by atoms with Gasteiger partial charge in [-0.1, -0.05) is 0 Å². The quantitative estimate of drug-likeness (QED) is 0.517. The smallest absolute Gasteiger partial charge is 0.139 e. The van der Waals surface area contributed by atoms with E-state index < -0.39 is 0 Å². The lowest BCUT2D eigenvalue weighted by atomic mass is 10.7. The lowest BCUT2D eigenvalue weighted by Gasteiger charge is -1.87. The van der Waals surface area contributed by atoms with E-state index in [0.29, 0.717) is 0 Å². The zero-order valence-corrected chi connectivity index (χ0v) is 4.53. The molecule has 1 radical (unpaired) electrons. The summed E-state index contributed by atoms with van der Waals surface area (Å²) in [6.45, 7) is 1.56. The number of hydrogen-bond donors (Lipinski definition) is 1. The molecule has 3 heteroatoms. The van der Waals surface area contributed by atoms with Gasteiger partial charge in [0.25, 0.3) is 0 Å². The average molecular weight is 149 g/mol. The molecule has 0 saturated heterocycles. The maximum absolute atomic E-state index is 4.54. The first kappa shape index (κ1) is 4.15. The minimum atomic E-state index is 0.863. The summed E-state index contributed by atoms with van der Waals surface area (Å²) in [5.74, 6) is 0. The van der Waals surface area contributed by atoms with Crippen LogP contribution in [0.2, 0.25) is 0 Å². The Hall–Kier alpha value is -0.0200. The standard InChI is InChI=1S/C3H3BrNO/c4-3-1-2-6-5-3/h1-2,5H. The van der Waals surface area contributed by atoms with Gasteiger partial charge in [0, 0.05) is 0 Å². The van der Waals surface area contributed by atoms with Crippen LogP contribution in [0.25, 0.3) is 0 Å². The Kier molecular flexibility index (Phi) is 1.12. The summed E-state index contributed by atoms with van der Waals surface area (Å²) in [5, 5.41) is 0. The van der Waals surface area contributed by atoms with Crippen molar-refractivity contribution in [2.45, 2.75) is 0 Å². The van der Waals surface area contributed by atoms with Crippen LogP contribution in [0.3, 0.4) is 0 Å². The maximum atomic E-state index is 4.54. The van der Waals surface area contributed by atoms with Gasteiger partial charge < -0.3 is 0 Å². The highest BCUT2D eigenvalue weighted by molar-refractivity contribution is 9.11. The molecule has 0 aromatic heterocycles. The predicted molar refractivity (Wildman–Crippen MR) is 25.5 cm³/mol. The Bertz CT molecular complexity index is 80.9. The maximum Gasteiger partial charge on any atom is 0.139 e. The van der Waals surface area contributed by atoms with Crippen LogP contribution in [-0.2, 0) is 4.84 Å². The van der Waals surface area contributed by atoms with E-state index in [2.05, 4.69) is 26.2 Å². The third-order valence-corrected chi connectivity index (χ3v) is 0.865. The molecule has 1 aliphatic rings. The van der Waals surface area contributed by atoms with Crippen LogP contribution in [0.5, 0.6) is 0 Å². The van der Waals surface area contributed by atoms with E-state index in [1.165, 1.54) is 0 Å². The molecular weight excluding hydrogens is 146 g/mol. The molecule has 0 aromatic carbocycles. The van der Waals surface area contributed by atoms with E-state index in [9.17, 15) is 0 Å². The van der Waals surface area contributed by atoms with Gasteiger partial charge in [-0.25, -0.2) is 0 Å². The van der Waals surface area contributed by atoms with Crippen molar-refractivity contribution < 1.29 is 4.84 Å². The first-order chi connectivity index (χ1) is 2.89. The molecule has 0 aromatic rings. The van der Waals surface area contributed by atoms with Gasteiger partial charge in [0.05, 0.1) is 0 Å². The van der Waals surface area contributed by atoms with Crippen molar-refractivity contribution in [2.24, 2.45) is 0 Å². The molecule has 2 nitrogen and oxygen atoms in total. The van der Waals surface area contributed by atoms with Crippen LogP contribution < -0.4 is 5.48 Å². The third kappa shape index (κ3) is 0.725. The monoisotopic (exact) mass is 148 g/mol. The second-order valence-electron chi connectivity index (χ2n) is 0.871. The van der Waals surface area contributed by atoms with Gasteiger partial charge in [-0.2, -0.15) is 0 Å². The zero-order chi connectivity index (χ0) is 4.41. The Balaban J connectivity index is 2.45. The van der Waals surface area contributed by atoms with Crippen LogP contribution in [-0.4, -0.2) is 0 Å². The van der Waals surface area contributed by atoms with Crippen LogP contribution in [0, 0.1) is 6.61 Å². The molecule has 1 N–H and O–H groups in total. The van der Waals surface area contributed by atoms with E-state index in [1.54, 1.807) is 12.7 Å². The van der Waals surface area contributed by atoms with Crippen LogP contribution in [0.15, 0.2) is 10.7 Å². The van der Waals surface area contributed by atoms with E-state index in [-0.39, 0.29) is 0 Å². The number of nitrogens with one attached hydrogen (secondary N) is 1. The molecule has 1 heterocycles. The molecule has 1 aliphatic heterocycles. The van der Waals surface area contributed by atoms with Crippen molar-refractivity contribution in [2.75, 3.05) is 0 Å². The summed E-state index contributed by atoms with van der Waals surface area (Å²) in [4.78, 5) is 4.54. The second kappa shape index (κ2) is 1.62. The van der Waals surface area contributed by atoms with Gasteiger partial charge in [-0.05, 0) is 22.0 Å². The first-order valence-corrected chi connectivity index (χ1v) is 2.29. The molecule has 0 spiro atoms. The van der Waals surface area contributed by atoms with Crippen molar-refractivity contribution in [3.8, 4) is 0 Å². The third-order valence-electron chi connectivity index (χ3n) is 0.439. The largest absolute Gasteiger partial charge is 0.265 e. The molecule has 1 rings (SSSR count). The summed E-state index contributed by atoms with van der Waals surface area (Å²) in [5.41, 5.74) is 2.54. The summed E-state index contributed by atoms with van der Waals surface area (Å²) in [7, 11) is 0. The SMILES string of the molecule is BrC1=C[CH]ON1. The Morgan fingerprint density at radius 1 is 1.83 bits per heavy atom. The van der Waals surface area contributed by atoms with Crippen LogP contribution in [0.4, 0.5) is 0 Å². The van der Waals surface area contributed by atoms with Crippen molar-refractivity contribution >= 4 is 15.9 Å². The molecule has 0 amide bonds. The molecule has 6 heavy (non-hydrogen) atoms. The van der Waals surface area contributed by atoms with Gasteiger partial charge in [-0.3, -0.25) is 10.3 Å². The topological polar surface area (TPSA) is 21.3 Å². The molecule has 0 bridgehead atoms. The molecule has 0 unspecified atom stereocenters. The fourth-order valence-electron chi connectivity index (χ4n) is 0.218. The van der Waals surface area contributed by atoms with E-state index in [4.69, 9.17) is 0 Å². The molecule has 0 atom stereocenters. The fourth-order valence-corrected chi connectivity index (χ4v) is 0.419. The second-order valence-corrected chi connectivity index (χ2v) is 1.72. The summed E-state index contributed by atoms with van der Waals surface area (Å²) < 4.78 is 0.863. The highest BCUT2D eigenvalue weighted by Gasteiger charge is 1.95. The summed E-state index contributed by atoms with van der Waals surface area (Å²) >= 11 is 3.13. The fraction of sp³-hybridized carbons (Fsp3) is 0. The summed E-state index contributed by atoms with van der Waals surface area (Å²) in [6.07, 6.45) is 1.78. The van der Waals surface area contributed by atoms with Crippen molar-refractivity contribution in [3.05, 3.63) is 17.3 Å².